The Morgan fingerprint density at radius 3 is 2.21 bits per heavy atom. The number of nitrogens with zero attached hydrogens (tertiary/aromatic N) is 2. The molecule has 3 heteroatoms. The van der Waals surface area contributed by atoms with Gasteiger partial charge in [0.15, 0.2) is 0 Å². The molecule has 0 saturated carbocycles. The Bertz CT molecular complexity index is 364. The van der Waals surface area contributed by atoms with Crippen molar-refractivity contribution in [1.82, 2.24) is 15.1 Å². The molecule has 0 aromatic carbocycles. The highest BCUT2D eigenvalue weighted by atomic mass is 15.3. The zero-order chi connectivity index (χ0) is 14.3. The summed E-state index contributed by atoms with van der Waals surface area (Å²) in [5, 5.41) is 8.43. The Hall–Kier alpha value is -0.830. The molecule has 0 saturated heterocycles. The third-order valence-electron chi connectivity index (χ3n) is 3.89. The van der Waals surface area contributed by atoms with Crippen LogP contribution in [0, 0.1) is 0 Å². The number of hydrogen-bond acceptors (Lipinski definition) is 2. The van der Waals surface area contributed by atoms with Crippen LogP contribution < -0.4 is 5.32 Å². The van der Waals surface area contributed by atoms with Crippen LogP contribution in [-0.2, 0) is 19.4 Å². The van der Waals surface area contributed by atoms with Gasteiger partial charge in [-0.25, -0.2) is 0 Å². The standard InChI is InChI=1S/C16H31N3/c1-6-11-17-12-14-15(9-4)18-19(16(14)10-5)13(7-2)8-3/h13,17H,6-12H2,1-5H3. The summed E-state index contributed by atoms with van der Waals surface area (Å²) in [6, 6.07) is 0.556. The number of aryl methyl sites for hydroxylation is 1. The fraction of sp³-hybridized carbons (Fsp3) is 0.812. The molecule has 1 aromatic rings. The van der Waals surface area contributed by atoms with Crippen LogP contribution in [0.2, 0.25) is 0 Å². The van der Waals surface area contributed by atoms with Gasteiger partial charge in [-0.1, -0.05) is 34.6 Å². The van der Waals surface area contributed by atoms with Crippen molar-refractivity contribution in [3.63, 3.8) is 0 Å². The van der Waals surface area contributed by atoms with E-state index in [4.69, 9.17) is 5.10 Å². The fourth-order valence-corrected chi connectivity index (χ4v) is 2.75. The highest BCUT2D eigenvalue weighted by Crippen LogP contribution is 2.23. The lowest BCUT2D eigenvalue weighted by Gasteiger charge is -2.17. The van der Waals surface area contributed by atoms with Gasteiger partial charge in [0.1, 0.15) is 0 Å². The van der Waals surface area contributed by atoms with Gasteiger partial charge < -0.3 is 5.32 Å². The molecule has 0 aliphatic rings. The Labute approximate surface area is 118 Å². The monoisotopic (exact) mass is 265 g/mol. The molecule has 110 valence electrons. The third kappa shape index (κ3) is 3.82. The largest absolute Gasteiger partial charge is 0.313 e. The molecule has 0 fully saturated rings. The molecule has 19 heavy (non-hydrogen) atoms. The van der Waals surface area contributed by atoms with Crippen molar-refractivity contribution in [2.24, 2.45) is 0 Å². The van der Waals surface area contributed by atoms with Crippen molar-refractivity contribution < 1.29 is 0 Å². The maximum atomic E-state index is 4.90. The van der Waals surface area contributed by atoms with E-state index in [1.54, 1.807) is 0 Å². The predicted octanol–water partition coefficient (Wildman–Crippen LogP) is 3.87. The first-order valence-electron chi connectivity index (χ1n) is 8.03. The van der Waals surface area contributed by atoms with Crippen LogP contribution in [0.1, 0.15) is 76.9 Å². The highest BCUT2D eigenvalue weighted by Gasteiger charge is 2.18. The lowest BCUT2D eigenvalue weighted by molar-refractivity contribution is 0.412. The second kappa shape index (κ2) is 8.36. The molecule has 0 spiro atoms. The van der Waals surface area contributed by atoms with Gasteiger partial charge in [0, 0.05) is 17.8 Å². The van der Waals surface area contributed by atoms with E-state index in [0.717, 1.165) is 38.8 Å². The van der Waals surface area contributed by atoms with Crippen LogP contribution in [-0.4, -0.2) is 16.3 Å². The average Bonchev–Trinajstić information content (AvgIpc) is 2.78. The van der Waals surface area contributed by atoms with Gasteiger partial charge >= 0.3 is 0 Å². The summed E-state index contributed by atoms with van der Waals surface area (Å²) in [6.07, 6.45) is 5.62. The van der Waals surface area contributed by atoms with Crippen molar-refractivity contribution in [3.05, 3.63) is 17.0 Å². The van der Waals surface area contributed by atoms with Crippen molar-refractivity contribution in [1.29, 1.82) is 0 Å². The van der Waals surface area contributed by atoms with E-state index in [2.05, 4.69) is 44.6 Å². The smallest absolute Gasteiger partial charge is 0.0669 e. The molecule has 0 radical (unpaired) electrons. The minimum absolute atomic E-state index is 0.556. The topological polar surface area (TPSA) is 29.9 Å². The molecule has 0 aliphatic carbocycles. The third-order valence-corrected chi connectivity index (χ3v) is 3.89. The molecular formula is C16H31N3. The molecule has 0 atom stereocenters. The molecule has 1 N–H and O–H groups in total. The molecule has 1 aromatic heterocycles. The summed E-state index contributed by atoms with van der Waals surface area (Å²) in [6.45, 7) is 13.2. The summed E-state index contributed by atoms with van der Waals surface area (Å²) in [5.74, 6) is 0. The highest BCUT2D eigenvalue weighted by molar-refractivity contribution is 5.27. The maximum absolute atomic E-state index is 4.90. The summed E-state index contributed by atoms with van der Waals surface area (Å²) in [7, 11) is 0. The van der Waals surface area contributed by atoms with Gasteiger partial charge in [-0.2, -0.15) is 5.10 Å². The van der Waals surface area contributed by atoms with Gasteiger partial charge in [-0.15, -0.1) is 0 Å². The van der Waals surface area contributed by atoms with E-state index in [0.29, 0.717) is 6.04 Å². The predicted molar refractivity (Wildman–Crippen MR) is 82.6 cm³/mol. The second-order valence-electron chi connectivity index (χ2n) is 5.17. The molecule has 1 rings (SSSR count). The van der Waals surface area contributed by atoms with E-state index < -0.39 is 0 Å². The van der Waals surface area contributed by atoms with Crippen molar-refractivity contribution in [2.75, 3.05) is 6.54 Å². The van der Waals surface area contributed by atoms with E-state index in [-0.39, 0.29) is 0 Å². The molecular weight excluding hydrogens is 234 g/mol. The molecule has 3 nitrogen and oxygen atoms in total. The number of rotatable bonds is 9. The quantitative estimate of drug-likeness (QED) is 0.687. The van der Waals surface area contributed by atoms with Crippen LogP contribution in [0.5, 0.6) is 0 Å². The normalized spacial score (nSPS) is 11.5. The zero-order valence-electron chi connectivity index (χ0n) is 13.4. The van der Waals surface area contributed by atoms with E-state index in [9.17, 15) is 0 Å². The van der Waals surface area contributed by atoms with Crippen LogP contribution in [0.25, 0.3) is 0 Å². The Morgan fingerprint density at radius 1 is 1.05 bits per heavy atom. The maximum Gasteiger partial charge on any atom is 0.0669 e. The Balaban J connectivity index is 3.05. The van der Waals surface area contributed by atoms with Gasteiger partial charge in [-0.3, -0.25) is 4.68 Å². The lowest BCUT2D eigenvalue weighted by atomic mass is 10.1. The molecule has 0 aliphatic heterocycles. The Kier molecular flexibility index (Phi) is 7.14. The van der Waals surface area contributed by atoms with Gasteiger partial charge in [0.25, 0.3) is 0 Å². The van der Waals surface area contributed by atoms with Crippen LogP contribution in [0.15, 0.2) is 0 Å². The SMILES string of the molecule is CCCNCc1c(CC)nn(C(CC)CC)c1CC. The summed E-state index contributed by atoms with van der Waals surface area (Å²) in [5.41, 5.74) is 4.17. The minimum Gasteiger partial charge on any atom is -0.313 e. The van der Waals surface area contributed by atoms with Crippen LogP contribution in [0.3, 0.4) is 0 Å². The van der Waals surface area contributed by atoms with Gasteiger partial charge in [0.05, 0.1) is 11.7 Å². The van der Waals surface area contributed by atoms with Crippen molar-refractivity contribution in [2.45, 2.75) is 79.3 Å². The van der Waals surface area contributed by atoms with Crippen LogP contribution >= 0.6 is 0 Å². The first-order chi connectivity index (χ1) is 9.23. The van der Waals surface area contributed by atoms with Gasteiger partial charge in [0.2, 0.25) is 0 Å². The van der Waals surface area contributed by atoms with Crippen LogP contribution in [0.4, 0.5) is 0 Å². The number of hydrogen-bond donors (Lipinski definition) is 1. The van der Waals surface area contributed by atoms with Crippen molar-refractivity contribution >= 4 is 0 Å². The lowest BCUT2D eigenvalue weighted by Crippen LogP contribution is -2.17. The minimum atomic E-state index is 0.556. The van der Waals surface area contributed by atoms with Crippen molar-refractivity contribution in [3.8, 4) is 0 Å². The van der Waals surface area contributed by atoms with Gasteiger partial charge in [-0.05, 0) is 38.6 Å². The molecule has 0 unspecified atom stereocenters. The fourth-order valence-electron chi connectivity index (χ4n) is 2.75. The van der Waals surface area contributed by atoms with E-state index >= 15 is 0 Å². The second-order valence-corrected chi connectivity index (χ2v) is 5.17. The number of nitrogens with one attached hydrogen (secondary N) is 1. The molecule has 0 amide bonds. The molecule has 0 bridgehead atoms. The average molecular weight is 265 g/mol. The first kappa shape index (κ1) is 16.2. The molecule has 1 heterocycles. The van der Waals surface area contributed by atoms with E-state index in [1.807, 2.05) is 0 Å². The number of aromatic nitrogens is 2. The Morgan fingerprint density at radius 2 is 1.74 bits per heavy atom. The first-order valence-corrected chi connectivity index (χ1v) is 8.03. The van der Waals surface area contributed by atoms with E-state index in [1.165, 1.54) is 23.4 Å². The summed E-state index contributed by atoms with van der Waals surface area (Å²) in [4.78, 5) is 0. The zero-order valence-corrected chi connectivity index (χ0v) is 13.4. The summed E-state index contributed by atoms with van der Waals surface area (Å²) < 4.78 is 2.31. The summed E-state index contributed by atoms with van der Waals surface area (Å²) >= 11 is 0.